The van der Waals surface area contributed by atoms with Crippen molar-refractivity contribution in [3.63, 3.8) is 0 Å². The van der Waals surface area contributed by atoms with Crippen LogP contribution in [0.25, 0.3) is 0 Å². The van der Waals surface area contributed by atoms with Crippen LogP contribution in [-0.2, 0) is 17.8 Å². The van der Waals surface area contributed by atoms with Gasteiger partial charge in [0.05, 0.1) is 18.8 Å². The Kier molecular flexibility index (Phi) is 5.57. The molecule has 2 saturated heterocycles. The van der Waals surface area contributed by atoms with Crippen LogP contribution in [0.4, 0.5) is 0 Å². The van der Waals surface area contributed by atoms with Crippen LogP contribution >= 0.6 is 0 Å². The van der Waals surface area contributed by atoms with Gasteiger partial charge in [0.1, 0.15) is 12.0 Å². The summed E-state index contributed by atoms with van der Waals surface area (Å²) in [6.45, 7) is 5.81. The SMILES string of the molecule is O=c1occ(CN2CCOCC2)c(O)c1CN1CCC(c2ccccc2)C1. The van der Waals surface area contributed by atoms with Gasteiger partial charge in [-0.15, -0.1) is 0 Å². The molecule has 1 N–H and O–H groups in total. The molecule has 6 nitrogen and oxygen atoms in total. The first-order chi connectivity index (χ1) is 13.2. The van der Waals surface area contributed by atoms with E-state index in [0.29, 0.717) is 43.3 Å². The largest absolute Gasteiger partial charge is 0.507 e. The molecule has 2 aliphatic heterocycles. The summed E-state index contributed by atoms with van der Waals surface area (Å²) in [5.74, 6) is 0.554. The van der Waals surface area contributed by atoms with Crippen molar-refractivity contribution in [1.82, 2.24) is 9.80 Å². The van der Waals surface area contributed by atoms with Crippen LogP contribution in [0.1, 0.15) is 29.0 Å². The summed E-state index contributed by atoms with van der Waals surface area (Å²) in [6.07, 6.45) is 2.46. The molecule has 0 bridgehead atoms. The van der Waals surface area contributed by atoms with Gasteiger partial charge in [-0.3, -0.25) is 9.80 Å². The van der Waals surface area contributed by atoms with Gasteiger partial charge in [0, 0.05) is 38.3 Å². The zero-order valence-electron chi connectivity index (χ0n) is 15.5. The molecule has 2 aliphatic rings. The first kappa shape index (κ1) is 18.2. The summed E-state index contributed by atoms with van der Waals surface area (Å²) >= 11 is 0. The molecule has 144 valence electrons. The summed E-state index contributed by atoms with van der Waals surface area (Å²) in [5, 5.41) is 10.7. The van der Waals surface area contributed by atoms with E-state index in [1.807, 2.05) is 6.07 Å². The number of nitrogens with zero attached hydrogens (tertiary/aromatic N) is 2. The highest BCUT2D eigenvalue weighted by Crippen LogP contribution is 2.29. The minimum atomic E-state index is -0.443. The fourth-order valence-corrected chi connectivity index (χ4v) is 3.99. The number of rotatable bonds is 5. The summed E-state index contributed by atoms with van der Waals surface area (Å²) < 4.78 is 10.6. The van der Waals surface area contributed by atoms with Crippen molar-refractivity contribution < 1.29 is 14.3 Å². The molecule has 0 radical (unpaired) electrons. The standard InChI is InChI=1S/C21H26N2O4/c24-20-18(13-22-8-10-26-11-9-22)15-27-21(25)19(20)14-23-7-6-17(12-23)16-4-2-1-3-5-16/h1-5,15,17,24H,6-14H2. The molecular formula is C21H26N2O4. The topological polar surface area (TPSA) is 66.2 Å². The van der Waals surface area contributed by atoms with E-state index in [-0.39, 0.29) is 5.75 Å². The van der Waals surface area contributed by atoms with Gasteiger partial charge in [0.15, 0.2) is 0 Å². The van der Waals surface area contributed by atoms with E-state index in [1.165, 1.54) is 11.8 Å². The maximum absolute atomic E-state index is 12.2. The zero-order valence-corrected chi connectivity index (χ0v) is 15.5. The van der Waals surface area contributed by atoms with Gasteiger partial charge >= 0.3 is 5.63 Å². The number of morpholine rings is 1. The molecule has 1 aromatic carbocycles. The molecule has 1 unspecified atom stereocenters. The Bertz CT molecular complexity index is 815. The molecule has 3 heterocycles. The van der Waals surface area contributed by atoms with Crippen molar-refractivity contribution in [2.75, 3.05) is 39.4 Å². The van der Waals surface area contributed by atoms with Gasteiger partial charge in [-0.2, -0.15) is 0 Å². The summed E-state index contributed by atoms with van der Waals surface area (Å²) in [5.41, 5.74) is 1.93. The van der Waals surface area contributed by atoms with Gasteiger partial charge in [-0.05, 0) is 24.4 Å². The van der Waals surface area contributed by atoms with E-state index >= 15 is 0 Å². The van der Waals surface area contributed by atoms with Crippen LogP contribution in [0.2, 0.25) is 0 Å². The summed E-state index contributed by atoms with van der Waals surface area (Å²) in [7, 11) is 0. The van der Waals surface area contributed by atoms with E-state index in [0.717, 1.165) is 32.6 Å². The van der Waals surface area contributed by atoms with Crippen molar-refractivity contribution in [2.45, 2.75) is 25.4 Å². The van der Waals surface area contributed by atoms with E-state index in [2.05, 4.69) is 34.1 Å². The maximum atomic E-state index is 12.2. The molecule has 0 spiro atoms. The monoisotopic (exact) mass is 370 g/mol. The average Bonchev–Trinajstić information content (AvgIpc) is 3.18. The number of ether oxygens (including phenoxy) is 1. The Balaban J connectivity index is 1.45. The Hall–Kier alpha value is -2.15. The molecule has 0 amide bonds. The second kappa shape index (κ2) is 8.25. The normalized spacial score (nSPS) is 21.6. The fraction of sp³-hybridized carbons (Fsp3) is 0.476. The van der Waals surface area contributed by atoms with E-state index < -0.39 is 5.63 Å². The van der Waals surface area contributed by atoms with E-state index in [9.17, 15) is 9.90 Å². The smallest absolute Gasteiger partial charge is 0.343 e. The molecule has 2 fully saturated rings. The molecule has 4 rings (SSSR count). The van der Waals surface area contributed by atoms with E-state index in [4.69, 9.17) is 9.15 Å². The molecule has 2 aromatic rings. The lowest BCUT2D eigenvalue weighted by molar-refractivity contribution is 0.0335. The number of benzene rings is 1. The lowest BCUT2D eigenvalue weighted by Crippen LogP contribution is -2.35. The van der Waals surface area contributed by atoms with Gasteiger partial charge < -0.3 is 14.3 Å². The Morgan fingerprint density at radius 1 is 1.04 bits per heavy atom. The third-order valence-corrected chi connectivity index (χ3v) is 5.57. The minimum Gasteiger partial charge on any atom is -0.507 e. The molecule has 1 aromatic heterocycles. The van der Waals surface area contributed by atoms with Crippen molar-refractivity contribution in [3.05, 3.63) is 63.7 Å². The van der Waals surface area contributed by atoms with Gasteiger partial charge in [-0.1, -0.05) is 30.3 Å². The molecule has 1 atom stereocenters. The lowest BCUT2D eigenvalue weighted by atomic mass is 9.99. The number of likely N-dealkylation sites (tertiary alicyclic amines) is 1. The van der Waals surface area contributed by atoms with E-state index in [1.54, 1.807) is 0 Å². The zero-order chi connectivity index (χ0) is 18.6. The highest BCUT2D eigenvalue weighted by atomic mass is 16.5. The molecule has 27 heavy (non-hydrogen) atoms. The summed E-state index contributed by atoms with van der Waals surface area (Å²) in [4.78, 5) is 16.7. The predicted octanol–water partition coefficient (Wildman–Crippen LogP) is 2.17. The molecule has 0 aliphatic carbocycles. The van der Waals surface area contributed by atoms with Crippen LogP contribution < -0.4 is 5.63 Å². The average molecular weight is 370 g/mol. The second-order valence-electron chi connectivity index (χ2n) is 7.40. The molecule has 6 heteroatoms. The predicted molar refractivity (Wildman–Crippen MR) is 102 cm³/mol. The quantitative estimate of drug-likeness (QED) is 0.870. The Labute approximate surface area is 159 Å². The number of hydrogen-bond donors (Lipinski definition) is 1. The van der Waals surface area contributed by atoms with Crippen molar-refractivity contribution >= 4 is 0 Å². The lowest BCUT2D eigenvalue weighted by Gasteiger charge is -2.26. The fourth-order valence-electron chi connectivity index (χ4n) is 3.99. The summed E-state index contributed by atoms with van der Waals surface area (Å²) in [6, 6.07) is 10.5. The minimum absolute atomic E-state index is 0.0842. The number of aromatic hydroxyl groups is 1. The van der Waals surface area contributed by atoms with Crippen LogP contribution in [0.3, 0.4) is 0 Å². The Morgan fingerprint density at radius 2 is 1.81 bits per heavy atom. The third kappa shape index (κ3) is 4.24. The molecular weight excluding hydrogens is 344 g/mol. The second-order valence-corrected chi connectivity index (χ2v) is 7.40. The third-order valence-electron chi connectivity index (χ3n) is 5.57. The van der Waals surface area contributed by atoms with Crippen molar-refractivity contribution in [2.24, 2.45) is 0 Å². The Morgan fingerprint density at radius 3 is 2.59 bits per heavy atom. The van der Waals surface area contributed by atoms with Crippen molar-refractivity contribution in [1.29, 1.82) is 0 Å². The van der Waals surface area contributed by atoms with Crippen LogP contribution in [0, 0.1) is 0 Å². The highest BCUT2D eigenvalue weighted by Gasteiger charge is 2.26. The van der Waals surface area contributed by atoms with Crippen LogP contribution in [0.5, 0.6) is 5.75 Å². The maximum Gasteiger partial charge on any atom is 0.343 e. The highest BCUT2D eigenvalue weighted by molar-refractivity contribution is 5.36. The van der Waals surface area contributed by atoms with Crippen LogP contribution in [-0.4, -0.2) is 54.3 Å². The first-order valence-electron chi connectivity index (χ1n) is 9.60. The molecule has 0 saturated carbocycles. The van der Waals surface area contributed by atoms with Gasteiger partial charge in [0.25, 0.3) is 0 Å². The van der Waals surface area contributed by atoms with Crippen molar-refractivity contribution in [3.8, 4) is 5.75 Å². The van der Waals surface area contributed by atoms with Gasteiger partial charge in [-0.25, -0.2) is 4.79 Å². The van der Waals surface area contributed by atoms with Gasteiger partial charge in [0.2, 0.25) is 0 Å². The van der Waals surface area contributed by atoms with Crippen LogP contribution in [0.15, 0.2) is 45.8 Å². The number of hydrogen-bond acceptors (Lipinski definition) is 6. The first-order valence-corrected chi connectivity index (χ1v) is 9.60.